The summed E-state index contributed by atoms with van der Waals surface area (Å²) in [7, 11) is 1.40. The first-order chi connectivity index (χ1) is 12.7. The maximum absolute atomic E-state index is 13.6. The number of rotatable bonds is 7. The summed E-state index contributed by atoms with van der Waals surface area (Å²) in [6.07, 6.45) is 17.1. The summed E-state index contributed by atoms with van der Waals surface area (Å²) in [5, 5.41) is 0. The van der Waals surface area contributed by atoms with E-state index >= 15 is 0 Å². The quantitative estimate of drug-likeness (QED) is 0.391. The minimum atomic E-state index is -0.0455. The van der Waals surface area contributed by atoms with Crippen LogP contribution >= 0.6 is 0 Å². The zero-order valence-electron chi connectivity index (χ0n) is 17.1. The molecule has 0 unspecified atom stereocenters. The Morgan fingerprint density at radius 2 is 1.50 bits per heavy atom. The van der Waals surface area contributed by atoms with Gasteiger partial charge >= 0.3 is 0 Å². The van der Waals surface area contributed by atoms with E-state index in [1.54, 1.807) is 6.07 Å². The van der Waals surface area contributed by atoms with Gasteiger partial charge in [-0.05, 0) is 86.3 Å². The van der Waals surface area contributed by atoms with E-state index in [0.717, 1.165) is 35.7 Å². The topological polar surface area (TPSA) is 0 Å². The summed E-state index contributed by atoms with van der Waals surface area (Å²) >= 11 is 0. The van der Waals surface area contributed by atoms with Gasteiger partial charge in [-0.3, -0.25) is 0 Å². The molecule has 2 heteroatoms. The second kappa shape index (κ2) is 10.1. The Bertz CT molecular complexity index is 539. The van der Waals surface area contributed by atoms with E-state index in [-0.39, 0.29) is 5.82 Å². The molecule has 0 N–H and O–H groups in total. The Labute approximate surface area is 163 Å². The molecule has 146 valence electrons. The highest BCUT2D eigenvalue weighted by Gasteiger charge is 2.30. The average Bonchev–Trinajstić information content (AvgIpc) is 2.68. The number of aryl methyl sites for hydroxylation is 2. The Morgan fingerprint density at radius 1 is 0.885 bits per heavy atom. The molecule has 2 aliphatic carbocycles. The third-order valence-corrected chi connectivity index (χ3v) is 8.75. The summed E-state index contributed by atoms with van der Waals surface area (Å²) in [6.45, 7) is 1.84. The van der Waals surface area contributed by atoms with Crippen LogP contribution < -0.4 is 0 Å². The predicted octanol–water partition coefficient (Wildman–Crippen LogP) is 6.24. The number of halogens is 1. The molecular formula is C24H39FSi. The standard InChI is InChI=1S/C24H39FSi/c1-18-6-7-20(16-24(18)25)5-3-2-4-19-8-12-22(13-9-19)23-14-10-21(17-26)11-15-23/h6-7,16,19,21-23H,2-5,8-15,17H2,1,26H3. The first-order valence-electron chi connectivity index (χ1n) is 11.4. The molecule has 0 spiro atoms. The summed E-state index contributed by atoms with van der Waals surface area (Å²) in [5.74, 6) is 4.14. The zero-order valence-corrected chi connectivity index (χ0v) is 19.1. The van der Waals surface area contributed by atoms with Gasteiger partial charge in [0.05, 0.1) is 0 Å². The van der Waals surface area contributed by atoms with Gasteiger partial charge in [-0.15, -0.1) is 0 Å². The van der Waals surface area contributed by atoms with Gasteiger partial charge in [-0.1, -0.05) is 56.7 Å². The van der Waals surface area contributed by atoms with Crippen LogP contribution in [-0.4, -0.2) is 10.2 Å². The molecule has 2 aliphatic rings. The molecular weight excluding hydrogens is 335 g/mol. The molecule has 26 heavy (non-hydrogen) atoms. The van der Waals surface area contributed by atoms with Crippen LogP contribution in [0.5, 0.6) is 0 Å². The van der Waals surface area contributed by atoms with Gasteiger partial charge in [0.2, 0.25) is 0 Å². The van der Waals surface area contributed by atoms with Crippen LogP contribution in [0.3, 0.4) is 0 Å². The van der Waals surface area contributed by atoms with Crippen LogP contribution in [0.25, 0.3) is 0 Å². The van der Waals surface area contributed by atoms with Crippen molar-refractivity contribution >= 4 is 10.2 Å². The molecule has 0 aliphatic heterocycles. The Morgan fingerprint density at radius 3 is 2.08 bits per heavy atom. The van der Waals surface area contributed by atoms with Gasteiger partial charge < -0.3 is 0 Å². The highest BCUT2D eigenvalue weighted by atomic mass is 28.1. The lowest BCUT2D eigenvalue weighted by atomic mass is 9.69. The molecule has 2 saturated carbocycles. The van der Waals surface area contributed by atoms with Gasteiger partial charge in [-0.25, -0.2) is 4.39 Å². The Balaban J connectivity index is 1.30. The second-order valence-electron chi connectivity index (χ2n) is 9.30. The molecule has 1 aromatic carbocycles. The number of hydrogen-bond acceptors (Lipinski definition) is 0. The number of unbranched alkanes of at least 4 members (excludes halogenated alkanes) is 1. The fourth-order valence-corrected chi connectivity index (χ4v) is 6.39. The zero-order chi connectivity index (χ0) is 18.4. The van der Waals surface area contributed by atoms with E-state index in [1.165, 1.54) is 92.5 Å². The molecule has 3 rings (SSSR count). The van der Waals surface area contributed by atoms with E-state index in [9.17, 15) is 4.39 Å². The molecule has 0 radical (unpaired) electrons. The lowest BCUT2D eigenvalue weighted by Crippen LogP contribution is -2.25. The third kappa shape index (κ3) is 5.68. The molecule has 0 aromatic heterocycles. The van der Waals surface area contributed by atoms with Crippen LogP contribution in [0, 0.1) is 36.4 Å². The lowest BCUT2D eigenvalue weighted by Gasteiger charge is -2.37. The van der Waals surface area contributed by atoms with Crippen molar-refractivity contribution in [2.75, 3.05) is 0 Å². The third-order valence-electron chi connectivity index (χ3n) is 7.59. The number of benzene rings is 1. The molecule has 0 bridgehead atoms. The van der Waals surface area contributed by atoms with Crippen molar-refractivity contribution in [2.24, 2.45) is 23.7 Å². The van der Waals surface area contributed by atoms with Crippen LogP contribution in [0.15, 0.2) is 18.2 Å². The van der Waals surface area contributed by atoms with E-state index in [1.807, 2.05) is 13.0 Å². The predicted molar refractivity (Wildman–Crippen MR) is 114 cm³/mol. The van der Waals surface area contributed by atoms with E-state index in [4.69, 9.17) is 0 Å². The van der Waals surface area contributed by atoms with Gasteiger partial charge in [0.15, 0.2) is 0 Å². The van der Waals surface area contributed by atoms with Crippen LogP contribution in [0.4, 0.5) is 4.39 Å². The maximum Gasteiger partial charge on any atom is 0.126 e. The van der Waals surface area contributed by atoms with Gasteiger partial charge in [0.25, 0.3) is 0 Å². The minimum absolute atomic E-state index is 0.0455. The average molecular weight is 375 g/mol. The largest absolute Gasteiger partial charge is 0.207 e. The fraction of sp³-hybridized carbons (Fsp3) is 0.750. The van der Waals surface area contributed by atoms with Gasteiger partial charge in [0, 0.05) is 10.2 Å². The minimum Gasteiger partial charge on any atom is -0.207 e. The smallest absolute Gasteiger partial charge is 0.126 e. The van der Waals surface area contributed by atoms with E-state index in [2.05, 4.69) is 6.07 Å². The van der Waals surface area contributed by atoms with Crippen molar-refractivity contribution in [1.29, 1.82) is 0 Å². The fourth-order valence-electron chi connectivity index (χ4n) is 5.57. The highest BCUT2D eigenvalue weighted by molar-refractivity contribution is 6.08. The maximum atomic E-state index is 13.6. The van der Waals surface area contributed by atoms with Gasteiger partial charge in [0.1, 0.15) is 5.82 Å². The molecule has 0 atom stereocenters. The monoisotopic (exact) mass is 374 g/mol. The lowest BCUT2D eigenvalue weighted by molar-refractivity contribution is 0.147. The molecule has 0 saturated heterocycles. The van der Waals surface area contributed by atoms with Crippen molar-refractivity contribution in [1.82, 2.24) is 0 Å². The Hall–Kier alpha value is -0.633. The SMILES string of the molecule is Cc1ccc(CCCCC2CCC(C3CCC(C[SiH3])CC3)CC2)cc1F. The van der Waals surface area contributed by atoms with Crippen molar-refractivity contribution in [3.05, 3.63) is 35.1 Å². The van der Waals surface area contributed by atoms with Crippen molar-refractivity contribution in [2.45, 2.75) is 90.0 Å². The summed E-state index contributed by atoms with van der Waals surface area (Å²) in [5.41, 5.74) is 1.93. The second-order valence-corrected chi connectivity index (χ2v) is 10.1. The van der Waals surface area contributed by atoms with Crippen molar-refractivity contribution < 1.29 is 4.39 Å². The summed E-state index contributed by atoms with van der Waals surface area (Å²) in [6, 6.07) is 7.28. The normalized spacial score (nSPS) is 29.8. The first kappa shape index (κ1) is 20.1. The highest BCUT2D eigenvalue weighted by Crippen LogP contribution is 2.42. The van der Waals surface area contributed by atoms with Crippen molar-refractivity contribution in [3.63, 3.8) is 0 Å². The molecule has 0 heterocycles. The first-order valence-corrected chi connectivity index (χ1v) is 12.8. The summed E-state index contributed by atoms with van der Waals surface area (Å²) < 4.78 is 13.6. The summed E-state index contributed by atoms with van der Waals surface area (Å²) in [4.78, 5) is 0. The molecule has 0 nitrogen and oxygen atoms in total. The van der Waals surface area contributed by atoms with Crippen LogP contribution in [0.1, 0.15) is 81.8 Å². The van der Waals surface area contributed by atoms with Crippen LogP contribution in [-0.2, 0) is 6.42 Å². The number of hydrogen-bond donors (Lipinski definition) is 0. The Kier molecular flexibility index (Phi) is 7.78. The van der Waals surface area contributed by atoms with Gasteiger partial charge in [-0.2, -0.15) is 0 Å². The van der Waals surface area contributed by atoms with Crippen molar-refractivity contribution in [3.8, 4) is 0 Å². The van der Waals surface area contributed by atoms with Crippen LogP contribution in [0.2, 0.25) is 6.04 Å². The van der Waals surface area contributed by atoms with E-state index < -0.39 is 0 Å². The molecule has 1 aromatic rings. The molecule has 2 fully saturated rings. The molecule has 0 amide bonds. The van der Waals surface area contributed by atoms with E-state index in [0.29, 0.717) is 0 Å².